The van der Waals surface area contributed by atoms with Gasteiger partial charge in [0.15, 0.2) is 0 Å². The summed E-state index contributed by atoms with van der Waals surface area (Å²) in [6, 6.07) is 10.2. The normalized spacial score (nSPS) is 26.8. The molecule has 0 spiro atoms. The zero-order valence-electron chi connectivity index (χ0n) is 10.4. The Hall–Kier alpha value is -1.55. The van der Waals surface area contributed by atoms with Crippen LogP contribution >= 0.6 is 0 Å². The van der Waals surface area contributed by atoms with E-state index in [0.717, 1.165) is 25.3 Å². The fourth-order valence-corrected chi connectivity index (χ4v) is 2.94. The first-order valence-electron chi connectivity index (χ1n) is 6.67. The molecule has 1 aromatic rings. The number of carbonyl (C=O) groups excluding carboxylic acids is 1. The molecule has 2 aliphatic rings. The van der Waals surface area contributed by atoms with Crippen molar-refractivity contribution in [2.24, 2.45) is 5.92 Å². The minimum absolute atomic E-state index is 0.0254. The second-order valence-corrected chi connectivity index (χ2v) is 5.16. The highest BCUT2D eigenvalue weighted by molar-refractivity contribution is 5.89. The van der Waals surface area contributed by atoms with Gasteiger partial charge < -0.3 is 15.5 Å². The summed E-state index contributed by atoms with van der Waals surface area (Å²) in [5.74, 6) is 0.639. The average Bonchev–Trinajstić information content (AvgIpc) is 2.84. The highest BCUT2D eigenvalue weighted by Gasteiger charge is 2.36. The molecule has 2 atom stereocenters. The number of fused-ring (bicyclic) bond motifs is 1. The topological polar surface area (TPSA) is 44.4 Å². The third kappa shape index (κ3) is 2.34. The molecule has 2 saturated heterocycles. The predicted molar refractivity (Wildman–Crippen MR) is 71.5 cm³/mol. The number of rotatable bonds is 1. The number of hydrogen-bond acceptors (Lipinski definition) is 2. The third-order valence-corrected chi connectivity index (χ3v) is 3.91. The summed E-state index contributed by atoms with van der Waals surface area (Å²) in [4.78, 5) is 14.1. The molecule has 0 aliphatic carbocycles. The predicted octanol–water partition coefficient (Wildman–Crippen LogP) is 1.90. The monoisotopic (exact) mass is 245 g/mol. The lowest BCUT2D eigenvalue weighted by molar-refractivity contribution is 0.220. The van der Waals surface area contributed by atoms with E-state index >= 15 is 0 Å². The number of para-hydroxylation sites is 1. The van der Waals surface area contributed by atoms with Crippen LogP contribution in [0.2, 0.25) is 0 Å². The van der Waals surface area contributed by atoms with E-state index in [1.54, 1.807) is 0 Å². The van der Waals surface area contributed by atoms with Crippen LogP contribution in [0.3, 0.4) is 0 Å². The molecule has 2 aliphatic heterocycles. The zero-order chi connectivity index (χ0) is 12.4. The number of anilines is 1. The van der Waals surface area contributed by atoms with Crippen LogP contribution in [-0.2, 0) is 0 Å². The summed E-state index contributed by atoms with van der Waals surface area (Å²) in [6.45, 7) is 2.81. The van der Waals surface area contributed by atoms with Crippen molar-refractivity contribution in [2.75, 3.05) is 25.0 Å². The number of carbonyl (C=O) groups is 1. The molecule has 18 heavy (non-hydrogen) atoms. The summed E-state index contributed by atoms with van der Waals surface area (Å²) in [7, 11) is 0. The smallest absolute Gasteiger partial charge is 0.321 e. The summed E-state index contributed by atoms with van der Waals surface area (Å²) in [5, 5.41) is 6.46. The molecule has 0 aromatic heterocycles. The largest absolute Gasteiger partial charge is 0.323 e. The van der Waals surface area contributed by atoms with Crippen molar-refractivity contribution in [2.45, 2.75) is 18.9 Å². The van der Waals surface area contributed by atoms with Crippen LogP contribution in [0.1, 0.15) is 12.8 Å². The highest BCUT2D eigenvalue weighted by atomic mass is 16.2. The molecule has 1 aromatic carbocycles. The number of piperidine rings is 1. The lowest BCUT2D eigenvalue weighted by Gasteiger charge is -2.24. The van der Waals surface area contributed by atoms with Gasteiger partial charge in [-0.1, -0.05) is 18.2 Å². The van der Waals surface area contributed by atoms with Crippen LogP contribution in [0.25, 0.3) is 0 Å². The van der Waals surface area contributed by atoms with Gasteiger partial charge in [-0.05, 0) is 37.4 Å². The summed E-state index contributed by atoms with van der Waals surface area (Å²) in [6.07, 6.45) is 2.47. The first-order chi connectivity index (χ1) is 8.83. The van der Waals surface area contributed by atoms with Crippen molar-refractivity contribution in [1.29, 1.82) is 0 Å². The Labute approximate surface area is 107 Å². The highest BCUT2D eigenvalue weighted by Crippen LogP contribution is 2.25. The maximum Gasteiger partial charge on any atom is 0.321 e. The number of amides is 2. The van der Waals surface area contributed by atoms with Gasteiger partial charge >= 0.3 is 6.03 Å². The Morgan fingerprint density at radius 3 is 2.89 bits per heavy atom. The molecule has 2 unspecified atom stereocenters. The van der Waals surface area contributed by atoms with Crippen LogP contribution in [0, 0.1) is 5.92 Å². The summed E-state index contributed by atoms with van der Waals surface area (Å²) >= 11 is 0. The minimum atomic E-state index is 0.0254. The van der Waals surface area contributed by atoms with E-state index in [2.05, 4.69) is 10.6 Å². The molecular weight excluding hydrogens is 226 g/mol. The van der Waals surface area contributed by atoms with Crippen LogP contribution in [0.4, 0.5) is 10.5 Å². The molecule has 4 nitrogen and oxygen atoms in total. The van der Waals surface area contributed by atoms with Crippen molar-refractivity contribution in [3.05, 3.63) is 30.3 Å². The summed E-state index contributed by atoms with van der Waals surface area (Å²) < 4.78 is 0. The molecule has 3 rings (SSSR count). The van der Waals surface area contributed by atoms with Gasteiger partial charge in [0.1, 0.15) is 0 Å². The Balaban J connectivity index is 1.60. The lowest BCUT2D eigenvalue weighted by atomic mass is 9.94. The maximum atomic E-state index is 12.1. The molecule has 2 heterocycles. The van der Waals surface area contributed by atoms with E-state index in [1.807, 2.05) is 35.2 Å². The first-order valence-corrected chi connectivity index (χ1v) is 6.67. The van der Waals surface area contributed by atoms with Crippen LogP contribution < -0.4 is 10.6 Å². The van der Waals surface area contributed by atoms with Gasteiger partial charge in [0, 0.05) is 24.8 Å². The van der Waals surface area contributed by atoms with Gasteiger partial charge in [-0.2, -0.15) is 0 Å². The molecule has 0 saturated carbocycles. The van der Waals surface area contributed by atoms with Gasteiger partial charge in [0.25, 0.3) is 0 Å². The SMILES string of the molecule is O=C(Nc1ccccc1)N1CC2CCCNC2C1. The number of likely N-dealkylation sites (tertiary alicyclic amines) is 1. The number of nitrogens with one attached hydrogen (secondary N) is 2. The summed E-state index contributed by atoms with van der Waals surface area (Å²) in [5.41, 5.74) is 0.866. The van der Waals surface area contributed by atoms with Gasteiger partial charge in [-0.3, -0.25) is 0 Å². The number of hydrogen-bond donors (Lipinski definition) is 2. The van der Waals surface area contributed by atoms with E-state index in [1.165, 1.54) is 12.8 Å². The first kappa shape index (κ1) is 11.5. The molecule has 2 N–H and O–H groups in total. The van der Waals surface area contributed by atoms with Crippen molar-refractivity contribution in [3.63, 3.8) is 0 Å². The fourth-order valence-electron chi connectivity index (χ4n) is 2.94. The maximum absolute atomic E-state index is 12.1. The Kier molecular flexibility index (Phi) is 3.19. The van der Waals surface area contributed by atoms with E-state index in [0.29, 0.717) is 12.0 Å². The van der Waals surface area contributed by atoms with Gasteiger partial charge in [0.05, 0.1) is 0 Å². The Morgan fingerprint density at radius 2 is 2.11 bits per heavy atom. The molecule has 0 bridgehead atoms. The zero-order valence-corrected chi connectivity index (χ0v) is 10.4. The molecular formula is C14H19N3O. The fraction of sp³-hybridized carbons (Fsp3) is 0.500. The number of urea groups is 1. The van der Waals surface area contributed by atoms with E-state index < -0.39 is 0 Å². The van der Waals surface area contributed by atoms with Gasteiger partial charge in [0.2, 0.25) is 0 Å². The van der Waals surface area contributed by atoms with Crippen molar-refractivity contribution >= 4 is 11.7 Å². The van der Waals surface area contributed by atoms with Gasteiger partial charge in [-0.15, -0.1) is 0 Å². The average molecular weight is 245 g/mol. The van der Waals surface area contributed by atoms with E-state index in [-0.39, 0.29) is 6.03 Å². The van der Waals surface area contributed by atoms with Crippen LogP contribution in [-0.4, -0.2) is 36.6 Å². The third-order valence-electron chi connectivity index (χ3n) is 3.91. The molecule has 96 valence electrons. The Bertz CT molecular complexity index is 406. The number of benzene rings is 1. The minimum Gasteiger partial charge on any atom is -0.323 e. The molecule has 0 radical (unpaired) electrons. The second kappa shape index (κ2) is 4.98. The molecule has 2 fully saturated rings. The standard InChI is InChI=1S/C14H19N3O/c18-14(16-12-6-2-1-3-7-12)17-9-11-5-4-8-15-13(11)10-17/h1-3,6-7,11,13,15H,4-5,8-10H2,(H,16,18). The van der Waals surface area contributed by atoms with Crippen molar-refractivity contribution < 1.29 is 4.79 Å². The van der Waals surface area contributed by atoms with Crippen molar-refractivity contribution in [3.8, 4) is 0 Å². The van der Waals surface area contributed by atoms with Gasteiger partial charge in [-0.25, -0.2) is 4.79 Å². The number of nitrogens with zero attached hydrogens (tertiary/aromatic N) is 1. The quantitative estimate of drug-likeness (QED) is 0.793. The van der Waals surface area contributed by atoms with E-state index in [4.69, 9.17) is 0 Å². The van der Waals surface area contributed by atoms with Crippen LogP contribution in [0.15, 0.2) is 30.3 Å². The van der Waals surface area contributed by atoms with Crippen molar-refractivity contribution in [1.82, 2.24) is 10.2 Å². The molecule has 4 heteroatoms. The Morgan fingerprint density at radius 1 is 1.28 bits per heavy atom. The van der Waals surface area contributed by atoms with E-state index in [9.17, 15) is 4.79 Å². The van der Waals surface area contributed by atoms with Crippen LogP contribution in [0.5, 0.6) is 0 Å². The second-order valence-electron chi connectivity index (χ2n) is 5.16. The lowest BCUT2D eigenvalue weighted by Crippen LogP contribution is -2.41. The molecule has 2 amide bonds.